The van der Waals surface area contributed by atoms with Crippen molar-refractivity contribution in [1.29, 1.82) is 0 Å². The SMILES string of the molecule is CC(=O)C(C)NC(=O)C(C)NC(=O)N(CI)C(C)=S. The van der Waals surface area contributed by atoms with Crippen molar-refractivity contribution < 1.29 is 14.4 Å². The molecule has 0 aromatic rings. The number of hydrogen-bond acceptors (Lipinski definition) is 4. The number of alkyl halides is 1. The Morgan fingerprint density at radius 3 is 2.05 bits per heavy atom. The van der Waals surface area contributed by atoms with Crippen LogP contribution in [0.2, 0.25) is 0 Å². The number of Topliss-reactive ketones (excluding diaryl/α,β-unsaturated/α-hetero) is 1. The third-order valence-electron chi connectivity index (χ3n) is 2.45. The Morgan fingerprint density at radius 2 is 1.68 bits per heavy atom. The molecule has 0 saturated heterocycles. The molecule has 0 bridgehead atoms. The topological polar surface area (TPSA) is 78.5 Å². The van der Waals surface area contributed by atoms with E-state index >= 15 is 0 Å². The van der Waals surface area contributed by atoms with E-state index in [4.69, 9.17) is 12.2 Å². The summed E-state index contributed by atoms with van der Waals surface area (Å²) < 4.78 is 0.400. The fraction of sp³-hybridized carbons (Fsp3) is 0.636. The van der Waals surface area contributed by atoms with Crippen LogP contribution in [0.15, 0.2) is 0 Å². The van der Waals surface area contributed by atoms with Crippen LogP contribution in [-0.4, -0.2) is 44.2 Å². The molecule has 2 N–H and O–H groups in total. The number of nitrogens with one attached hydrogen (secondary N) is 2. The summed E-state index contributed by atoms with van der Waals surface area (Å²) in [7, 11) is 0. The van der Waals surface area contributed by atoms with Crippen LogP contribution in [-0.2, 0) is 9.59 Å². The molecule has 2 atom stereocenters. The van der Waals surface area contributed by atoms with Crippen molar-refractivity contribution in [3.63, 3.8) is 0 Å². The molecule has 3 amide bonds. The van der Waals surface area contributed by atoms with Gasteiger partial charge < -0.3 is 10.6 Å². The average molecular weight is 399 g/mol. The molecule has 2 unspecified atom stereocenters. The molecule has 0 radical (unpaired) electrons. The molecule has 108 valence electrons. The Balaban J connectivity index is 4.48. The van der Waals surface area contributed by atoms with Gasteiger partial charge in [-0.2, -0.15) is 0 Å². The van der Waals surface area contributed by atoms with Crippen molar-refractivity contribution in [1.82, 2.24) is 15.5 Å². The van der Waals surface area contributed by atoms with Gasteiger partial charge >= 0.3 is 6.03 Å². The maximum Gasteiger partial charge on any atom is 0.323 e. The number of carbonyl (C=O) groups is 3. The predicted molar refractivity (Wildman–Crippen MR) is 85.3 cm³/mol. The third kappa shape index (κ3) is 6.28. The zero-order chi connectivity index (χ0) is 15.2. The van der Waals surface area contributed by atoms with Crippen LogP contribution in [0.3, 0.4) is 0 Å². The maximum atomic E-state index is 11.8. The number of urea groups is 1. The van der Waals surface area contributed by atoms with Crippen molar-refractivity contribution in [3.8, 4) is 0 Å². The van der Waals surface area contributed by atoms with Crippen LogP contribution in [0.5, 0.6) is 0 Å². The van der Waals surface area contributed by atoms with E-state index in [0.29, 0.717) is 9.54 Å². The first kappa shape index (κ1) is 18.2. The molecule has 0 aliphatic rings. The molecule has 6 nitrogen and oxygen atoms in total. The number of nitrogens with zero attached hydrogens (tertiary/aromatic N) is 1. The molecule has 0 aliphatic heterocycles. The van der Waals surface area contributed by atoms with Gasteiger partial charge in [-0.1, -0.05) is 34.8 Å². The second-order valence-corrected chi connectivity index (χ2v) is 5.35. The van der Waals surface area contributed by atoms with Crippen LogP contribution in [0.25, 0.3) is 0 Å². The van der Waals surface area contributed by atoms with E-state index in [2.05, 4.69) is 10.6 Å². The molecule has 0 saturated carbocycles. The highest BCUT2D eigenvalue weighted by Gasteiger charge is 2.22. The van der Waals surface area contributed by atoms with Crippen LogP contribution >= 0.6 is 34.8 Å². The number of amides is 3. The molecule has 0 aromatic carbocycles. The predicted octanol–water partition coefficient (Wildman–Crippen LogP) is 1.22. The molecule has 19 heavy (non-hydrogen) atoms. The van der Waals surface area contributed by atoms with E-state index in [1.165, 1.54) is 11.8 Å². The summed E-state index contributed by atoms with van der Waals surface area (Å²) in [6.07, 6.45) is 0. The molecule has 0 heterocycles. The zero-order valence-electron chi connectivity index (χ0n) is 11.3. The average Bonchev–Trinajstić information content (AvgIpc) is 2.28. The Labute approximate surface area is 131 Å². The van der Waals surface area contributed by atoms with Gasteiger partial charge in [-0.05, 0) is 27.7 Å². The fourth-order valence-electron chi connectivity index (χ4n) is 1.05. The highest BCUT2D eigenvalue weighted by atomic mass is 127. The molecule has 0 aliphatic carbocycles. The number of halogens is 1. The molecule has 0 aromatic heterocycles. The highest BCUT2D eigenvalue weighted by molar-refractivity contribution is 14.1. The smallest absolute Gasteiger partial charge is 0.323 e. The third-order valence-corrected chi connectivity index (χ3v) is 3.35. The number of rotatable bonds is 5. The minimum absolute atomic E-state index is 0.143. The van der Waals surface area contributed by atoms with Gasteiger partial charge in [-0.25, -0.2) is 4.79 Å². The van der Waals surface area contributed by atoms with Crippen molar-refractivity contribution in [2.24, 2.45) is 0 Å². The van der Waals surface area contributed by atoms with Crippen molar-refractivity contribution >= 4 is 57.5 Å². The van der Waals surface area contributed by atoms with E-state index in [-0.39, 0.29) is 5.78 Å². The monoisotopic (exact) mass is 399 g/mol. The second kappa shape index (κ2) is 8.41. The van der Waals surface area contributed by atoms with E-state index < -0.39 is 24.0 Å². The minimum atomic E-state index is -0.742. The van der Waals surface area contributed by atoms with Gasteiger partial charge in [-0.15, -0.1) is 0 Å². The van der Waals surface area contributed by atoms with Gasteiger partial charge in [0.25, 0.3) is 0 Å². The first-order chi connectivity index (χ1) is 8.70. The summed E-state index contributed by atoms with van der Waals surface area (Å²) >= 11 is 6.94. The van der Waals surface area contributed by atoms with Gasteiger partial charge in [0.15, 0.2) is 5.78 Å². The first-order valence-corrected chi connectivity index (χ1v) is 7.59. The van der Waals surface area contributed by atoms with Gasteiger partial charge in [0.05, 0.1) is 15.6 Å². The molecular weight excluding hydrogens is 381 g/mol. The number of ketones is 1. The van der Waals surface area contributed by atoms with Crippen LogP contribution < -0.4 is 10.6 Å². The van der Waals surface area contributed by atoms with Crippen molar-refractivity contribution in [2.45, 2.75) is 39.8 Å². The van der Waals surface area contributed by atoms with Crippen molar-refractivity contribution in [3.05, 3.63) is 0 Å². The number of hydrogen-bond donors (Lipinski definition) is 2. The molecule has 0 rings (SSSR count). The molecule has 8 heteroatoms. The first-order valence-electron chi connectivity index (χ1n) is 5.66. The standard InChI is InChI=1S/C11H18IN3O3S/c1-6(8(3)16)13-10(17)7(2)14-11(18)15(5-12)9(4)19/h6-7H,5H2,1-4H3,(H,13,17)(H,14,18). The summed E-state index contributed by atoms with van der Waals surface area (Å²) in [6.45, 7) is 6.16. The fourth-order valence-corrected chi connectivity index (χ4v) is 2.25. The number of carbonyl (C=O) groups excluding carboxylic acids is 3. The number of thiocarbonyl (C=S) groups is 1. The van der Waals surface area contributed by atoms with Crippen molar-refractivity contribution in [2.75, 3.05) is 4.55 Å². The van der Waals surface area contributed by atoms with Crippen LogP contribution in [0, 0.1) is 0 Å². The van der Waals surface area contributed by atoms with E-state index in [9.17, 15) is 14.4 Å². The van der Waals surface area contributed by atoms with E-state index in [1.807, 2.05) is 22.6 Å². The largest absolute Gasteiger partial charge is 0.345 e. The van der Waals surface area contributed by atoms with Gasteiger partial charge in [-0.3, -0.25) is 14.5 Å². The quantitative estimate of drug-likeness (QED) is 0.316. The second-order valence-electron chi connectivity index (χ2n) is 4.08. The van der Waals surface area contributed by atoms with Gasteiger partial charge in [0.1, 0.15) is 6.04 Å². The normalized spacial score (nSPS) is 13.1. The zero-order valence-corrected chi connectivity index (χ0v) is 14.3. The summed E-state index contributed by atoms with van der Waals surface area (Å²) in [5.41, 5.74) is 0. The van der Waals surface area contributed by atoms with E-state index in [1.54, 1.807) is 20.8 Å². The lowest BCUT2D eigenvalue weighted by Gasteiger charge is -2.22. The highest BCUT2D eigenvalue weighted by Crippen LogP contribution is 1.99. The van der Waals surface area contributed by atoms with Crippen LogP contribution in [0.1, 0.15) is 27.7 Å². The summed E-state index contributed by atoms with van der Waals surface area (Å²) in [5, 5.41) is 5.04. The summed E-state index contributed by atoms with van der Waals surface area (Å²) in [5.74, 6) is -0.554. The lowest BCUT2D eigenvalue weighted by molar-refractivity contribution is -0.127. The summed E-state index contributed by atoms with van der Waals surface area (Å²) in [6, 6.07) is -1.74. The Kier molecular flexibility index (Phi) is 8.07. The van der Waals surface area contributed by atoms with Crippen LogP contribution in [0.4, 0.5) is 4.79 Å². The Hall–Kier alpha value is -0.770. The minimum Gasteiger partial charge on any atom is -0.345 e. The molecule has 0 spiro atoms. The Bertz CT molecular complexity index is 389. The van der Waals surface area contributed by atoms with Gasteiger partial charge in [0.2, 0.25) is 5.91 Å². The lowest BCUT2D eigenvalue weighted by atomic mass is 10.2. The molecular formula is C11H18IN3O3S. The Morgan fingerprint density at radius 1 is 1.16 bits per heavy atom. The summed E-state index contributed by atoms with van der Waals surface area (Å²) in [4.78, 5) is 36.4. The van der Waals surface area contributed by atoms with E-state index in [0.717, 1.165) is 0 Å². The maximum absolute atomic E-state index is 11.8. The lowest BCUT2D eigenvalue weighted by Crippen LogP contribution is -2.52. The molecule has 0 fully saturated rings. The van der Waals surface area contributed by atoms with Gasteiger partial charge in [0, 0.05) is 0 Å².